The van der Waals surface area contributed by atoms with E-state index < -0.39 is 24.1 Å². The van der Waals surface area contributed by atoms with Gasteiger partial charge in [-0.2, -0.15) is 0 Å². The quantitative estimate of drug-likeness (QED) is 0.478. The third-order valence-corrected chi connectivity index (χ3v) is 4.47. The molecule has 0 amide bonds. The molecule has 0 radical (unpaired) electrons. The van der Waals surface area contributed by atoms with Gasteiger partial charge < -0.3 is 24.8 Å². The molecule has 0 aliphatic heterocycles. The van der Waals surface area contributed by atoms with Crippen molar-refractivity contribution < 1.29 is 54.6 Å². The third-order valence-electron chi connectivity index (χ3n) is 2.98. The van der Waals surface area contributed by atoms with Crippen molar-refractivity contribution in [3.8, 4) is 11.5 Å². The molecule has 0 saturated carbocycles. The molecule has 0 aromatic heterocycles. The summed E-state index contributed by atoms with van der Waals surface area (Å²) in [7, 11) is 0. The summed E-state index contributed by atoms with van der Waals surface area (Å²) in [5.74, 6) is 1.82. The molecule has 120 valence electrons. The predicted octanol–water partition coefficient (Wildman–Crippen LogP) is -1.48. The average molecular weight is 428 g/mol. The first-order valence-electron chi connectivity index (χ1n) is 6.81. The van der Waals surface area contributed by atoms with Gasteiger partial charge in [0, 0.05) is 0 Å². The van der Waals surface area contributed by atoms with E-state index in [-0.39, 0.29) is 24.8 Å². The van der Waals surface area contributed by atoms with Crippen LogP contribution in [0.1, 0.15) is 11.1 Å². The molecule has 0 spiro atoms. The van der Waals surface area contributed by atoms with E-state index in [0.717, 1.165) is 35.5 Å². The minimum absolute atomic E-state index is 0. The van der Waals surface area contributed by atoms with Crippen molar-refractivity contribution in [3.63, 3.8) is 0 Å². The Kier molecular flexibility index (Phi) is 11.9. The van der Waals surface area contributed by atoms with Crippen molar-refractivity contribution in [1.82, 2.24) is 0 Å². The Balaban J connectivity index is 0.00000242. The summed E-state index contributed by atoms with van der Waals surface area (Å²) in [5, 5.41) is 0. The molecule has 2 rings (SSSR count). The fourth-order valence-corrected chi connectivity index (χ4v) is 3.49. The van der Waals surface area contributed by atoms with Crippen LogP contribution < -0.4 is 30.4 Å². The molecule has 0 aliphatic carbocycles. The smallest absolute Gasteiger partial charge is 1.00 e. The number of hydrogen-bond donors (Lipinski definition) is 0. The van der Waals surface area contributed by atoms with Gasteiger partial charge in [-0.25, -0.2) is 0 Å². The number of allylic oxidation sites excluding steroid dienone is 2. The SMILES string of the molecule is C=CCc1ccccc1[O][Zr+2][O]c1ccccc1CC=C.[Cl-].[Cl-]. The van der Waals surface area contributed by atoms with E-state index in [1.807, 2.05) is 48.6 Å². The van der Waals surface area contributed by atoms with Crippen LogP contribution in [-0.4, -0.2) is 0 Å². The first-order chi connectivity index (χ1) is 10.3. The van der Waals surface area contributed by atoms with Crippen LogP contribution in [0.25, 0.3) is 0 Å². The summed E-state index contributed by atoms with van der Waals surface area (Å²) >= 11 is -1.42. The molecular weight excluding hydrogens is 410 g/mol. The summed E-state index contributed by atoms with van der Waals surface area (Å²) < 4.78 is 11.8. The molecule has 2 aromatic rings. The predicted molar refractivity (Wildman–Crippen MR) is 81.9 cm³/mol. The molecule has 0 heterocycles. The van der Waals surface area contributed by atoms with Crippen LogP contribution in [0.2, 0.25) is 0 Å². The Morgan fingerprint density at radius 2 is 1.13 bits per heavy atom. The van der Waals surface area contributed by atoms with Gasteiger partial charge in [-0.3, -0.25) is 0 Å². The molecule has 0 saturated heterocycles. The van der Waals surface area contributed by atoms with Crippen LogP contribution in [0.3, 0.4) is 0 Å². The van der Waals surface area contributed by atoms with Crippen molar-refractivity contribution in [3.05, 3.63) is 85.0 Å². The number of halogens is 2. The minimum Gasteiger partial charge on any atom is -1.00 e. The fraction of sp³-hybridized carbons (Fsp3) is 0.111. The Bertz CT molecular complexity index is 564. The van der Waals surface area contributed by atoms with E-state index in [4.69, 9.17) is 5.63 Å². The van der Waals surface area contributed by atoms with Gasteiger partial charge >= 0.3 is 139 Å². The van der Waals surface area contributed by atoms with Crippen molar-refractivity contribution in [2.45, 2.75) is 12.8 Å². The minimum atomic E-state index is -1.42. The molecule has 0 fully saturated rings. The number of benzene rings is 2. The maximum absolute atomic E-state index is 5.90. The van der Waals surface area contributed by atoms with Gasteiger partial charge in [0.15, 0.2) is 0 Å². The molecule has 5 heteroatoms. The van der Waals surface area contributed by atoms with E-state index >= 15 is 0 Å². The first-order valence-corrected chi connectivity index (χ1v) is 8.82. The van der Waals surface area contributed by atoms with Crippen LogP contribution >= 0.6 is 0 Å². The maximum atomic E-state index is 5.90. The standard InChI is InChI=1S/2C9H10O.2ClH.Zr/c2*1-2-5-8-6-3-4-7-9(8)10;;;/h2*2-4,6-7,10H,1,5H2;2*1H;/q;;;;+4/p-4. The summed E-state index contributed by atoms with van der Waals surface area (Å²) in [6, 6.07) is 16.1. The second-order valence-electron chi connectivity index (χ2n) is 4.49. The topological polar surface area (TPSA) is 18.5 Å². The Labute approximate surface area is 163 Å². The molecular formula is C18H18Cl2O2Zr. The normalized spacial score (nSPS) is 8.70. The second kappa shape index (κ2) is 12.4. The van der Waals surface area contributed by atoms with E-state index in [1.54, 1.807) is 0 Å². The Morgan fingerprint density at radius 1 is 0.739 bits per heavy atom. The van der Waals surface area contributed by atoms with Crippen molar-refractivity contribution in [1.29, 1.82) is 0 Å². The van der Waals surface area contributed by atoms with Crippen molar-refractivity contribution in [2.24, 2.45) is 0 Å². The molecule has 23 heavy (non-hydrogen) atoms. The molecule has 0 N–H and O–H groups in total. The average Bonchev–Trinajstić information content (AvgIpc) is 2.51. The number of rotatable bonds is 8. The number of para-hydroxylation sites is 2. The van der Waals surface area contributed by atoms with Crippen LogP contribution in [0, 0.1) is 0 Å². The monoisotopic (exact) mass is 426 g/mol. The largest absolute Gasteiger partial charge is 1.00 e. The zero-order valence-electron chi connectivity index (χ0n) is 12.7. The van der Waals surface area contributed by atoms with E-state index in [9.17, 15) is 0 Å². The Hall–Kier alpha value is -1.02. The first kappa shape index (κ1) is 22.0. The fourth-order valence-electron chi connectivity index (χ4n) is 1.97. The molecule has 0 bridgehead atoms. The van der Waals surface area contributed by atoms with Gasteiger partial charge in [0.25, 0.3) is 0 Å². The van der Waals surface area contributed by atoms with E-state index in [0.29, 0.717) is 0 Å². The molecule has 0 atom stereocenters. The van der Waals surface area contributed by atoms with E-state index in [1.165, 1.54) is 0 Å². The molecule has 0 unspecified atom stereocenters. The molecule has 0 aliphatic rings. The van der Waals surface area contributed by atoms with Gasteiger partial charge in [-0.1, -0.05) is 0 Å². The van der Waals surface area contributed by atoms with Gasteiger partial charge in [0.1, 0.15) is 0 Å². The van der Waals surface area contributed by atoms with Gasteiger partial charge in [-0.15, -0.1) is 0 Å². The molecule has 2 aromatic carbocycles. The van der Waals surface area contributed by atoms with Crippen molar-refractivity contribution >= 4 is 0 Å². The maximum Gasteiger partial charge on any atom is -1.00 e. The van der Waals surface area contributed by atoms with Crippen LogP contribution in [0.15, 0.2) is 73.8 Å². The number of hydrogen-bond acceptors (Lipinski definition) is 2. The summed E-state index contributed by atoms with van der Waals surface area (Å²) in [5.41, 5.74) is 2.30. The zero-order valence-corrected chi connectivity index (χ0v) is 16.6. The second-order valence-corrected chi connectivity index (χ2v) is 5.90. The van der Waals surface area contributed by atoms with Gasteiger partial charge in [-0.05, 0) is 0 Å². The van der Waals surface area contributed by atoms with Crippen LogP contribution in [0.5, 0.6) is 11.5 Å². The Morgan fingerprint density at radius 3 is 1.52 bits per heavy atom. The summed E-state index contributed by atoms with van der Waals surface area (Å²) in [6.07, 6.45) is 5.38. The van der Waals surface area contributed by atoms with Crippen LogP contribution in [0.4, 0.5) is 0 Å². The van der Waals surface area contributed by atoms with Crippen molar-refractivity contribution in [2.75, 3.05) is 0 Å². The van der Waals surface area contributed by atoms with Gasteiger partial charge in [0.2, 0.25) is 0 Å². The third kappa shape index (κ3) is 6.95. The molecule has 2 nitrogen and oxygen atoms in total. The summed E-state index contributed by atoms with van der Waals surface area (Å²) in [4.78, 5) is 0. The van der Waals surface area contributed by atoms with Crippen LogP contribution in [-0.2, 0) is 37.0 Å². The summed E-state index contributed by atoms with van der Waals surface area (Å²) in [6.45, 7) is 7.55. The van der Waals surface area contributed by atoms with Gasteiger partial charge in [0.05, 0.1) is 0 Å². The zero-order chi connectivity index (χ0) is 14.9. The van der Waals surface area contributed by atoms with E-state index in [2.05, 4.69) is 25.3 Å².